The van der Waals surface area contributed by atoms with E-state index in [0.29, 0.717) is 12.1 Å². The van der Waals surface area contributed by atoms with Gasteiger partial charge in [-0.3, -0.25) is 4.79 Å². The molecule has 134 valence electrons. The van der Waals surface area contributed by atoms with E-state index in [2.05, 4.69) is 12.1 Å². The largest absolute Gasteiger partial charge is 0.465 e. The van der Waals surface area contributed by atoms with Gasteiger partial charge in [-0.25, -0.2) is 4.79 Å². The molecule has 0 spiro atoms. The predicted octanol–water partition coefficient (Wildman–Crippen LogP) is 3.13. The number of carbonyl (C=O) groups excluding carboxylic acids is 2. The van der Waals surface area contributed by atoms with Crippen LogP contribution in [0.25, 0.3) is 10.9 Å². The molecule has 5 nitrogen and oxygen atoms in total. The second-order valence-electron chi connectivity index (χ2n) is 6.23. The highest BCUT2D eigenvalue weighted by atomic mass is 16.5. The molecule has 0 saturated carbocycles. The first kappa shape index (κ1) is 17.7. The van der Waals surface area contributed by atoms with Crippen LogP contribution in [0.5, 0.6) is 0 Å². The minimum absolute atomic E-state index is 0.00176. The van der Waals surface area contributed by atoms with E-state index in [-0.39, 0.29) is 12.5 Å². The molecule has 0 atom stereocenters. The van der Waals surface area contributed by atoms with Gasteiger partial charge in [-0.1, -0.05) is 48.5 Å². The molecular weight excluding hydrogens is 328 g/mol. The molecule has 1 amide bonds. The van der Waals surface area contributed by atoms with Crippen LogP contribution < -0.4 is 0 Å². The Hall–Kier alpha value is -3.08. The summed E-state index contributed by atoms with van der Waals surface area (Å²) in [6.07, 6.45) is 2.50. The van der Waals surface area contributed by atoms with Crippen molar-refractivity contribution in [2.24, 2.45) is 0 Å². The lowest BCUT2D eigenvalue weighted by Crippen LogP contribution is -2.31. The summed E-state index contributed by atoms with van der Waals surface area (Å²) in [5.74, 6) is -0.400. The Balaban J connectivity index is 1.73. The van der Waals surface area contributed by atoms with E-state index < -0.39 is 5.97 Å². The highest BCUT2D eigenvalue weighted by molar-refractivity contribution is 6.04. The quantitative estimate of drug-likeness (QED) is 0.642. The van der Waals surface area contributed by atoms with Gasteiger partial charge < -0.3 is 14.2 Å². The Morgan fingerprint density at radius 2 is 1.73 bits per heavy atom. The molecule has 0 unspecified atom stereocenters. The summed E-state index contributed by atoms with van der Waals surface area (Å²) >= 11 is 0. The standard InChI is InChI=1S/C21H22N2O3/c1-22(13-12-16-8-4-3-5-9-16)20(24)15-23-14-18(21(25)26-2)17-10-6-7-11-19(17)23/h3-11,14H,12-13,15H2,1-2H3. The fraction of sp³-hybridized carbons (Fsp3) is 0.238. The molecular formula is C21H22N2O3. The lowest BCUT2D eigenvalue weighted by atomic mass is 10.1. The maximum Gasteiger partial charge on any atom is 0.340 e. The molecule has 0 aliphatic carbocycles. The van der Waals surface area contributed by atoms with Gasteiger partial charge in [0.2, 0.25) is 5.91 Å². The second kappa shape index (κ2) is 7.87. The number of ether oxygens (including phenoxy) is 1. The molecule has 0 radical (unpaired) electrons. The van der Waals surface area contributed by atoms with Crippen LogP contribution in [0, 0.1) is 0 Å². The monoisotopic (exact) mass is 350 g/mol. The molecule has 0 aliphatic heterocycles. The molecule has 0 aliphatic rings. The smallest absolute Gasteiger partial charge is 0.340 e. The second-order valence-corrected chi connectivity index (χ2v) is 6.23. The molecule has 0 bridgehead atoms. The number of hydrogen-bond acceptors (Lipinski definition) is 3. The van der Waals surface area contributed by atoms with E-state index >= 15 is 0 Å². The molecule has 0 N–H and O–H groups in total. The summed E-state index contributed by atoms with van der Waals surface area (Å²) in [6, 6.07) is 17.6. The van der Waals surface area contributed by atoms with Gasteiger partial charge in [0.15, 0.2) is 0 Å². The Bertz CT molecular complexity index is 915. The molecule has 26 heavy (non-hydrogen) atoms. The first-order chi connectivity index (χ1) is 12.6. The minimum Gasteiger partial charge on any atom is -0.465 e. The fourth-order valence-corrected chi connectivity index (χ4v) is 2.98. The van der Waals surface area contributed by atoms with E-state index in [1.165, 1.54) is 12.7 Å². The van der Waals surface area contributed by atoms with E-state index in [0.717, 1.165) is 17.3 Å². The number of para-hydroxylation sites is 1. The predicted molar refractivity (Wildman–Crippen MR) is 101 cm³/mol. The number of methoxy groups -OCH3 is 1. The SMILES string of the molecule is COC(=O)c1cn(CC(=O)N(C)CCc2ccccc2)c2ccccc12. The van der Waals surface area contributed by atoms with Crippen LogP contribution in [0.1, 0.15) is 15.9 Å². The number of esters is 1. The normalized spacial score (nSPS) is 10.7. The van der Waals surface area contributed by atoms with Crippen molar-refractivity contribution >= 4 is 22.8 Å². The third-order valence-electron chi connectivity index (χ3n) is 4.50. The summed E-state index contributed by atoms with van der Waals surface area (Å²) in [7, 11) is 3.16. The molecule has 0 fully saturated rings. The van der Waals surface area contributed by atoms with Gasteiger partial charge in [-0.2, -0.15) is 0 Å². The van der Waals surface area contributed by atoms with Gasteiger partial charge in [-0.05, 0) is 18.1 Å². The van der Waals surface area contributed by atoms with Gasteiger partial charge in [0.1, 0.15) is 6.54 Å². The van der Waals surface area contributed by atoms with Crippen LogP contribution in [0.15, 0.2) is 60.8 Å². The first-order valence-electron chi connectivity index (χ1n) is 8.54. The van der Waals surface area contributed by atoms with Gasteiger partial charge in [0.05, 0.1) is 12.7 Å². The molecule has 3 aromatic rings. The summed E-state index contributed by atoms with van der Waals surface area (Å²) < 4.78 is 6.66. The van der Waals surface area contributed by atoms with Crippen molar-refractivity contribution in [3.05, 3.63) is 71.9 Å². The number of rotatable bonds is 6. The Morgan fingerprint density at radius 3 is 2.46 bits per heavy atom. The van der Waals surface area contributed by atoms with E-state index in [9.17, 15) is 9.59 Å². The Morgan fingerprint density at radius 1 is 1.04 bits per heavy atom. The zero-order valence-electron chi connectivity index (χ0n) is 15.0. The third-order valence-corrected chi connectivity index (χ3v) is 4.50. The maximum atomic E-state index is 12.6. The Kier molecular flexibility index (Phi) is 5.37. The topological polar surface area (TPSA) is 51.5 Å². The van der Waals surface area contributed by atoms with Crippen molar-refractivity contribution in [1.29, 1.82) is 0 Å². The summed E-state index contributed by atoms with van der Waals surface area (Å²) in [5.41, 5.74) is 2.52. The van der Waals surface area contributed by atoms with Crippen LogP contribution in [0.4, 0.5) is 0 Å². The molecule has 3 rings (SSSR count). The molecule has 2 aromatic carbocycles. The van der Waals surface area contributed by atoms with Gasteiger partial charge >= 0.3 is 5.97 Å². The molecule has 1 aromatic heterocycles. The van der Waals surface area contributed by atoms with Crippen molar-refractivity contribution in [1.82, 2.24) is 9.47 Å². The van der Waals surface area contributed by atoms with Crippen LogP contribution in [-0.4, -0.2) is 42.0 Å². The van der Waals surface area contributed by atoms with Crippen molar-refractivity contribution in [3.63, 3.8) is 0 Å². The van der Waals surface area contributed by atoms with Crippen molar-refractivity contribution < 1.29 is 14.3 Å². The summed E-state index contributed by atoms with van der Waals surface area (Å²) in [5, 5.41) is 0.791. The number of fused-ring (bicyclic) bond motifs is 1. The zero-order chi connectivity index (χ0) is 18.5. The number of aromatic nitrogens is 1. The van der Waals surface area contributed by atoms with E-state index in [4.69, 9.17) is 4.74 Å². The fourth-order valence-electron chi connectivity index (χ4n) is 2.98. The van der Waals surface area contributed by atoms with Crippen LogP contribution in [0.2, 0.25) is 0 Å². The highest BCUT2D eigenvalue weighted by Crippen LogP contribution is 2.22. The van der Waals surface area contributed by atoms with Gasteiger partial charge in [0.25, 0.3) is 0 Å². The van der Waals surface area contributed by atoms with Crippen molar-refractivity contribution in [3.8, 4) is 0 Å². The summed E-state index contributed by atoms with van der Waals surface area (Å²) in [4.78, 5) is 26.3. The average Bonchev–Trinajstić information content (AvgIpc) is 3.05. The lowest BCUT2D eigenvalue weighted by molar-refractivity contribution is -0.130. The number of benzene rings is 2. The average molecular weight is 350 g/mol. The highest BCUT2D eigenvalue weighted by Gasteiger charge is 2.17. The molecule has 1 heterocycles. The maximum absolute atomic E-state index is 12.6. The number of likely N-dealkylation sites (N-methyl/N-ethyl adjacent to an activating group) is 1. The number of nitrogens with zero attached hydrogens (tertiary/aromatic N) is 2. The Labute approximate surface area is 152 Å². The molecule has 0 saturated heterocycles. The number of carbonyl (C=O) groups is 2. The third kappa shape index (κ3) is 3.77. The van der Waals surface area contributed by atoms with Crippen LogP contribution in [-0.2, 0) is 22.5 Å². The lowest BCUT2D eigenvalue weighted by Gasteiger charge is -2.18. The van der Waals surface area contributed by atoms with E-state index in [1.54, 1.807) is 18.1 Å². The molecule has 5 heteroatoms. The van der Waals surface area contributed by atoms with Gasteiger partial charge in [0, 0.05) is 30.7 Å². The van der Waals surface area contributed by atoms with Crippen molar-refractivity contribution in [2.45, 2.75) is 13.0 Å². The summed E-state index contributed by atoms with van der Waals surface area (Å²) in [6.45, 7) is 0.828. The van der Waals surface area contributed by atoms with Gasteiger partial charge in [-0.15, -0.1) is 0 Å². The first-order valence-corrected chi connectivity index (χ1v) is 8.54. The number of amides is 1. The van der Waals surface area contributed by atoms with Crippen LogP contribution in [0.3, 0.4) is 0 Å². The van der Waals surface area contributed by atoms with Crippen molar-refractivity contribution in [2.75, 3.05) is 20.7 Å². The number of hydrogen-bond donors (Lipinski definition) is 0. The zero-order valence-corrected chi connectivity index (χ0v) is 15.0. The van der Waals surface area contributed by atoms with E-state index in [1.807, 2.05) is 47.0 Å². The minimum atomic E-state index is -0.398. The van der Waals surface area contributed by atoms with Crippen LogP contribution >= 0.6 is 0 Å².